The van der Waals surface area contributed by atoms with E-state index in [1.807, 2.05) is 0 Å². The van der Waals surface area contributed by atoms with Crippen molar-refractivity contribution in [1.82, 2.24) is 10.2 Å². The second-order valence-electron chi connectivity index (χ2n) is 7.21. The normalized spacial score (nSPS) is 26.2. The molecule has 21 heavy (non-hydrogen) atoms. The Labute approximate surface area is 130 Å². The molecule has 2 aliphatic rings. The van der Waals surface area contributed by atoms with Gasteiger partial charge in [-0.05, 0) is 38.1 Å². The average molecular weight is 317 g/mol. The van der Waals surface area contributed by atoms with E-state index in [9.17, 15) is 8.42 Å². The van der Waals surface area contributed by atoms with E-state index in [1.54, 1.807) is 0 Å². The number of hydrogen-bond acceptors (Lipinski definition) is 4. The number of nitrogens with zero attached hydrogens (tertiary/aromatic N) is 1. The highest BCUT2D eigenvalue weighted by atomic mass is 32.2. The van der Waals surface area contributed by atoms with Crippen molar-refractivity contribution in [3.05, 3.63) is 0 Å². The molecule has 5 heteroatoms. The molecule has 1 heterocycles. The Balaban J connectivity index is 1.73. The molecule has 0 aromatic rings. The quantitative estimate of drug-likeness (QED) is 0.744. The summed E-state index contributed by atoms with van der Waals surface area (Å²) in [4.78, 5) is 2.64. The van der Waals surface area contributed by atoms with E-state index in [0.717, 1.165) is 31.5 Å². The summed E-state index contributed by atoms with van der Waals surface area (Å²) in [5.74, 6) is 1.45. The van der Waals surface area contributed by atoms with Gasteiger partial charge >= 0.3 is 0 Å². The van der Waals surface area contributed by atoms with E-state index in [1.165, 1.54) is 38.6 Å². The van der Waals surface area contributed by atoms with Gasteiger partial charge in [-0.2, -0.15) is 0 Å². The number of sulfone groups is 1. The van der Waals surface area contributed by atoms with Crippen molar-refractivity contribution in [2.75, 3.05) is 31.1 Å². The molecular formula is C16H32N2O2S. The van der Waals surface area contributed by atoms with Crippen LogP contribution in [-0.4, -0.2) is 56.5 Å². The second-order valence-corrected chi connectivity index (χ2v) is 9.44. The molecule has 1 atom stereocenters. The van der Waals surface area contributed by atoms with Crippen LogP contribution in [0.15, 0.2) is 0 Å². The zero-order valence-electron chi connectivity index (χ0n) is 13.7. The first-order chi connectivity index (χ1) is 9.96. The van der Waals surface area contributed by atoms with Crippen LogP contribution in [-0.2, 0) is 9.84 Å². The van der Waals surface area contributed by atoms with E-state index >= 15 is 0 Å². The lowest BCUT2D eigenvalue weighted by atomic mass is 10.1. The van der Waals surface area contributed by atoms with E-state index in [0.29, 0.717) is 11.5 Å². The van der Waals surface area contributed by atoms with Gasteiger partial charge in [-0.25, -0.2) is 8.42 Å². The van der Waals surface area contributed by atoms with Crippen molar-refractivity contribution in [2.24, 2.45) is 5.92 Å². The molecule has 1 aliphatic heterocycles. The Morgan fingerprint density at radius 1 is 1.14 bits per heavy atom. The SMILES string of the molecule is CC(C)CCN(CCNC1CCS(=O)(=O)C1)C1CCCC1. The molecule has 2 rings (SSSR count). The van der Waals surface area contributed by atoms with Crippen LogP contribution in [0.25, 0.3) is 0 Å². The minimum absolute atomic E-state index is 0.186. The van der Waals surface area contributed by atoms with Gasteiger partial charge in [0.15, 0.2) is 9.84 Å². The number of nitrogens with one attached hydrogen (secondary N) is 1. The highest BCUT2D eigenvalue weighted by Gasteiger charge is 2.28. The molecule has 1 N–H and O–H groups in total. The van der Waals surface area contributed by atoms with Gasteiger partial charge in [-0.3, -0.25) is 4.90 Å². The monoisotopic (exact) mass is 316 g/mol. The summed E-state index contributed by atoms with van der Waals surface area (Å²) < 4.78 is 22.9. The summed E-state index contributed by atoms with van der Waals surface area (Å²) in [5.41, 5.74) is 0. The van der Waals surface area contributed by atoms with Gasteiger partial charge in [0.25, 0.3) is 0 Å². The fraction of sp³-hybridized carbons (Fsp3) is 1.00. The molecule has 0 bridgehead atoms. The van der Waals surface area contributed by atoms with Gasteiger partial charge in [0.1, 0.15) is 0 Å². The van der Waals surface area contributed by atoms with Crippen LogP contribution in [0.4, 0.5) is 0 Å². The van der Waals surface area contributed by atoms with Crippen molar-refractivity contribution in [3.63, 3.8) is 0 Å². The predicted octanol–water partition coefficient (Wildman–Crippen LogP) is 2.05. The third-order valence-electron chi connectivity index (χ3n) is 4.90. The molecule has 0 aromatic heterocycles. The van der Waals surface area contributed by atoms with Crippen molar-refractivity contribution in [2.45, 2.75) is 64.5 Å². The zero-order chi connectivity index (χ0) is 15.3. The first-order valence-electron chi connectivity index (χ1n) is 8.64. The van der Waals surface area contributed by atoms with Crippen molar-refractivity contribution < 1.29 is 8.42 Å². The zero-order valence-corrected chi connectivity index (χ0v) is 14.5. The first-order valence-corrected chi connectivity index (χ1v) is 10.5. The molecule has 2 fully saturated rings. The lowest BCUT2D eigenvalue weighted by Gasteiger charge is -2.30. The van der Waals surface area contributed by atoms with Crippen molar-refractivity contribution in [3.8, 4) is 0 Å². The maximum absolute atomic E-state index is 11.5. The largest absolute Gasteiger partial charge is 0.312 e. The minimum atomic E-state index is -2.76. The van der Waals surface area contributed by atoms with Crippen LogP contribution in [0, 0.1) is 5.92 Å². The molecule has 1 aliphatic carbocycles. The van der Waals surface area contributed by atoms with Gasteiger partial charge in [0.2, 0.25) is 0 Å². The van der Waals surface area contributed by atoms with E-state index in [2.05, 4.69) is 24.1 Å². The van der Waals surface area contributed by atoms with Crippen molar-refractivity contribution in [1.29, 1.82) is 0 Å². The Bertz CT molecular complexity index is 403. The summed E-state index contributed by atoms with van der Waals surface area (Å²) in [6.07, 6.45) is 7.48. The minimum Gasteiger partial charge on any atom is -0.312 e. The summed E-state index contributed by atoms with van der Waals surface area (Å²) in [6.45, 7) is 7.75. The summed E-state index contributed by atoms with van der Waals surface area (Å²) in [5, 5.41) is 3.46. The third-order valence-corrected chi connectivity index (χ3v) is 6.67. The molecule has 1 unspecified atom stereocenters. The Hall–Kier alpha value is -0.130. The smallest absolute Gasteiger partial charge is 0.151 e. The molecule has 124 valence electrons. The molecule has 0 amide bonds. The Kier molecular flexibility index (Phi) is 6.51. The highest BCUT2D eigenvalue weighted by Crippen LogP contribution is 2.24. The molecule has 0 spiro atoms. The third kappa shape index (κ3) is 5.87. The van der Waals surface area contributed by atoms with Crippen LogP contribution in [0.1, 0.15) is 52.4 Å². The van der Waals surface area contributed by atoms with Crippen LogP contribution in [0.2, 0.25) is 0 Å². The van der Waals surface area contributed by atoms with Gasteiger partial charge in [0, 0.05) is 25.2 Å². The molecular weight excluding hydrogens is 284 g/mol. The Morgan fingerprint density at radius 3 is 2.43 bits per heavy atom. The van der Waals surface area contributed by atoms with Crippen LogP contribution >= 0.6 is 0 Å². The van der Waals surface area contributed by atoms with Crippen LogP contribution in [0.5, 0.6) is 0 Å². The standard InChI is InChI=1S/C16H32N2O2S/c1-14(2)7-10-18(16-5-3-4-6-16)11-9-17-15-8-12-21(19,20)13-15/h14-17H,3-13H2,1-2H3. The van der Waals surface area contributed by atoms with Gasteiger partial charge in [-0.15, -0.1) is 0 Å². The fourth-order valence-corrected chi connectivity index (χ4v) is 5.25. The molecule has 4 nitrogen and oxygen atoms in total. The second kappa shape index (κ2) is 7.93. The van der Waals surface area contributed by atoms with Crippen LogP contribution in [0.3, 0.4) is 0 Å². The fourth-order valence-electron chi connectivity index (χ4n) is 3.54. The van der Waals surface area contributed by atoms with Gasteiger partial charge in [-0.1, -0.05) is 26.7 Å². The van der Waals surface area contributed by atoms with Crippen LogP contribution < -0.4 is 5.32 Å². The lowest BCUT2D eigenvalue weighted by Crippen LogP contribution is -2.42. The predicted molar refractivity (Wildman–Crippen MR) is 88.3 cm³/mol. The number of hydrogen-bond donors (Lipinski definition) is 1. The molecule has 1 saturated carbocycles. The number of rotatable bonds is 8. The lowest BCUT2D eigenvalue weighted by molar-refractivity contribution is 0.187. The Morgan fingerprint density at radius 2 is 1.86 bits per heavy atom. The highest BCUT2D eigenvalue weighted by molar-refractivity contribution is 7.91. The van der Waals surface area contributed by atoms with E-state index in [-0.39, 0.29) is 6.04 Å². The van der Waals surface area contributed by atoms with Gasteiger partial charge in [0.05, 0.1) is 11.5 Å². The molecule has 0 radical (unpaired) electrons. The van der Waals surface area contributed by atoms with Gasteiger partial charge < -0.3 is 5.32 Å². The summed E-state index contributed by atoms with van der Waals surface area (Å²) >= 11 is 0. The average Bonchev–Trinajstić information content (AvgIpc) is 3.03. The molecule has 1 saturated heterocycles. The van der Waals surface area contributed by atoms with Crippen molar-refractivity contribution >= 4 is 9.84 Å². The summed E-state index contributed by atoms with van der Waals surface area (Å²) in [7, 11) is -2.76. The topological polar surface area (TPSA) is 49.4 Å². The molecule has 0 aromatic carbocycles. The van der Waals surface area contributed by atoms with E-state index in [4.69, 9.17) is 0 Å². The first kappa shape index (κ1) is 17.2. The van der Waals surface area contributed by atoms with E-state index < -0.39 is 9.84 Å². The maximum Gasteiger partial charge on any atom is 0.151 e. The summed E-state index contributed by atoms with van der Waals surface area (Å²) in [6, 6.07) is 0.948. The maximum atomic E-state index is 11.5.